The molecule has 0 aromatic heterocycles. The summed E-state index contributed by atoms with van der Waals surface area (Å²) in [5.74, 6) is 1.40. The van der Waals surface area contributed by atoms with E-state index in [-0.39, 0.29) is 12.7 Å². The number of para-hydroxylation sites is 1. The molecule has 1 aliphatic carbocycles. The van der Waals surface area contributed by atoms with Crippen molar-refractivity contribution in [3.63, 3.8) is 0 Å². The molecule has 146 valence electrons. The summed E-state index contributed by atoms with van der Waals surface area (Å²) in [6.45, 7) is 3.17. The maximum atomic E-state index is 10.2. The lowest BCUT2D eigenvalue weighted by molar-refractivity contribution is 0.103. The van der Waals surface area contributed by atoms with Crippen LogP contribution in [-0.2, 0) is 12.8 Å². The minimum atomic E-state index is -0.650. The van der Waals surface area contributed by atoms with Gasteiger partial charge in [0.05, 0.1) is 11.4 Å². The first-order valence-corrected chi connectivity index (χ1v) is 9.47. The van der Waals surface area contributed by atoms with Crippen LogP contribution >= 0.6 is 0 Å². The molecule has 2 atom stereocenters. The summed E-state index contributed by atoms with van der Waals surface area (Å²) in [6.07, 6.45) is 2.41. The zero-order valence-electron chi connectivity index (χ0n) is 15.8. The number of nitrogens with two attached hydrogens (primary N) is 2. The van der Waals surface area contributed by atoms with Crippen molar-refractivity contribution < 1.29 is 14.6 Å². The van der Waals surface area contributed by atoms with E-state index >= 15 is 0 Å². The summed E-state index contributed by atoms with van der Waals surface area (Å²) in [5.41, 5.74) is 15.7. The van der Waals surface area contributed by atoms with Crippen LogP contribution < -0.4 is 26.3 Å². The highest BCUT2D eigenvalue weighted by molar-refractivity contribution is 5.76. The molecule has 2 aromatic carbocycles. The molecule has 0 radical (unpaired) electrons. The minimum Gasteiger partial charge on any atom is -0.489 e. The largest absolute Gasteiger partial charge is 0.489 e. The Morgan fingerprint density at radius 2 is 1.89 bits per heavy atom. The van der Waals surface area contributed by atoms with Crippen LogP contribution in [0.2, 0.25) is 0 Å². The fourth-order valence-corrected chi connectivity index (χ4v) is 3.36. The van der Waals surface area contributed by atoms with Crippen LogP contribution in [0.15, 0.2) is 36.4 Å². The van der Waals surface area contributed by atoms with Crippen LogP contribution in [0.3, 0.4) is 0 Å². The summed E-state index contributed by atoms with van der Waals surface area (Å²) in [7, 11) is 0. The van der Waals surface area contributed by atoms with Gasteiger partial charge in [0.1, 0.15) is 30.3 Å². The average molecular weight is 371 g/mol. The number of fused-ring (bicyclic) bond motifs is 1. The lowest BCUT2D eigenvalue weighted by atomic mass is 10.1. The Hall–Kier alpha value is -2.44. The Kier molecular flexibility index (Phi) is 6.42. The summed E-state index contributed by atoms with van der Waals surface area (Å²) in [4.78, 5) is 0. The quantitative estimate of drug-likeness (QED) is 0.504. The molecular weight excluding hydrogens is 342 g/mol. The Labute approximate surface area is 160 Å². The van der Waals surface area contributed by atoms with Crippen LogP contribution in [-0.4, -0.2) is 37.0 Å². The summed E-state index contributed by atoms with van der Waals surface area (Å²) >= 11 is 0. The van der Waals surface area contributed by atoms with Gasteiger partial charge in [0, 0.05) is 13.1 Å². The number of hydrogen-bond acceptors (Lipinski definition) is 6. The van der Waals surface area contributed by atoms with Crippen LogP contribution in [0.4, 0.5) is 11.4 Å². The SMILES string of the molecule is CC(CNCC(O)COc1cc2c(c(N)c1N)CCC2)Oc1ccccc1. The summed E-state index contributed by atoms with van der Waals surface area (Å²) < 4.78 is 11.5. The first kappa shape index (κ1) is 19.3. The molecule has 0 fully saturated rings. The lowest BCUT2D eigenvalue weighted by Gasteiger charge is -2.19. The molecule has 6 heteroatoms. The molecule has 0 saturated heterocycles. The highest BCUT2D eigenvalue weighted by Crippen LogP contribution is 2.38. The first-order valence-electron chi connectivity index (χ1n) is 9.47. The number of nitrogens with one attached hydrogen (secondary N) is 1. The number of hydrogen-bond donors (Lipinski definition) is 4. The van der Waals surface area contributed by atoms with E-state index < -0.39 is 6.10 Å². The first-order chi connectivity index (χ1) is 13.0. The van der Waals surface area contributed by atoms with Gasteiger partial charge in [0.15, 0.2) is 0 Å². The molecule has 0 saturated carbocycles. The predicted molar refractivity (Wildman–Crippen MR) is 108 cm³/mol. The van der Waals surface area contributed by atoms with Crippen molar-refractivity contribution in [1.82, 2.24) is 5.32 Å². The monoisotopic (exact) mass is 371 g/mol. The third-order valence-corrected chi connectivity index (χ3v) is 4.77. The molecule has 6 N–H and O–H groups in total. The summed E-state index contributed by atoms with van der Waals surface area (Å²) in [5, 5.41) is 13.4. The van der Waals surface area contributed by atoms with Crippen molar-refractivity contribution in [3.05, 3.63) is 47.5 Å². The predicted octanol–water partition coefficient (Wildman–Crippen LogP) is 2.14. The van der Waals surface area contributed by atoms with Gasteiger partial charge < -0.3 is 31.4 Å². The second-order valence-corrected chi connectivity index (χ2v) is 7.06. The van der Waals surface area contributed by atoms with Gasteiger partial charge in [-0.15, -0.1) is 0 Å². The Morgan fingerprint density at radius 3 is 2.67 bits per heavy atom. The standard InChI is InChI=1S/C21H29N3O3/c1-14(27-17-7-3-2-4-8-17)11-24-12-16(25)13-26-19-10-15-6-5-9-18(15)20(22)21(19)23/h2-4,7-8,10,14,16,24-25H,5-6,9,11-13,22-23H2,1H3. The molecule has 0 heterocycles. The van der Waals surface area contributed by atoms with Gasteiger partial charge in [-0.25, -0.2) is 0 Å². The van der Waals surface area contributed by atoms with Gasteiger partial charge in [-0.3, -0.25) is 0 Å². The number of aryl methyl sites for hydroxylation is 1. The molecule has 0 bridgehead atoms. The number of nitrogen functional groups attached to an aromatic ring is 2. The van der Waals surface area contributed by atoms with Gasteiger partial charge in [0.25, 0.3) is 0 Å². The number of benzene rings is 2. The van der Waals surface area contributed by atoms with E-state index in [0.717, 1.165) is 30.6 Å². The van der Waals surface area contributed by atoms with Crippen molar-refractivity contribution in [3.8, 4) is 11.5 Å². The zero-order chi connectivity index (χ0) is 19.2. The molecule has 3 rings (SSSR count). The molecule has 0 spiro atoms. The van der Waals surface area contributed by atoms with E-state index in [9.17, 15) is 5.11 Å². The highest BCUT2D eigenvalue weighted by Gasteiger charge is 2.19. The fourth-order valence-electron chi connectivity index (χ4n) is 3.36. The van der Waals surface area contributed by atoms with E-state index in [1.165, 1.54) is 5.56 Å². The second-order valence-electron chi connectivity index (χ2n) is 7.06. The molecule has 2 aromatic rings. The Balaban J connectivity index is 1.41. The summed E-state index contributed by atoms with van der Waals surface area (Å²) in [6, 6.07) is 11.6. The van der Waals surface area contributed by atoms with E-state index in [0.29, 0.717) is 30.2 Å². The van der Waals surface area contributed by atoms with Crippen LogP contribution in [0.25, 0.3) is 0 Å². The molecule has 1 aliphatic rings. The van der Waals surface area contributed by atoms with Crippen molar-refractivity contribution >= 4 is 11.4 Å². The van der Waals surface area contributed by atoms with E-state index in [4.69, 9.17) is 20.9 Å². The number of ether oxygens (including phenoxy) is 2. The van der Waals surface area contributed by atoms with Gasteiger partial charge in [-0.05, 0) is 55.5 Å². The fraction of sp³-hybridized carbons (Fsp3) is 0.429. The molecule has 27 heavy (non-hydrogen) atoms. The topological polar surface area (TPSA) is 103 Å². The van der Waals surface area contributed by atoms with E-state index in [2.05, 4.69) is 5.32 Å². The van der Waals surface area contributed by atoms with Gasteiger partial charge in [0.2, 0.25) is 0 Å². The van der Waals surface area contributed by atoms with Gasteiger partial charge in [-0.2, -0.15) is 0 Å². The van der Waals surface area contributed by atoms with Crippen molar-refractivity contribution in [2.45, 2.75) is 38.4 Å². The molecular formula is C21H29N3O3. The van der Waals surface area contributed by atoms with Gasteiger partial charge >= 0.3 is 0 Å². The third kappa shape index (κ3) is 5.05. The van der Waals surface area contributed by atoms with Crippen molar-refractivity contribution in [2.75, 3.05) is 31.2 Å². The Morgan fingerprint density at radius 1 is 1.11 bits per heavy atom. The second kappa shape index (κ2) is 8.97. The van der Waals surface area contributed by atoms with Crippen molar-refractivity contribution in [1.29, 1.82) is 0 Å². The number of aliphatic hydroxyl groups is 1. The average Bonchev–Trinajstić information content (AvgIpc) is 3.13. The maximum Gasteiger partial charge on any atom is 0.144 e. The number of anilines is 2. The maximum absolute atomic E-state index is 10.2. The van der Waals surface area contributed by atoms with E-state index in [1.807, 2.05) is 43.3 Å². The van der Waals surface area contributed by atoms with Gasteiger partial charge in [-0.1, -0.05) is 18.2 Å². The van der Waals surface area contributed by atoms with E-state index in [1.54, 1.807) is 0 Å². The molecule has 6 nitrogen and oxygen atoms in total. The molecule has 0 amide bonds. The smallest absolute Gasteiger partial charge is 0.144 e. The van der Waals surface area contributed by atoms with Crippen LogP contribution in [0, 0.1) is 0 Å². The molecule has 2 unspecified atom stereocenters. The highest BCUT2D eigenvalue weighted by atomic mass is 16.5. The third-order valence-electron chi connectivity index (χ3n) is 4.77. The molecule has 0 aliphatic heterocycles. The normalized spacial score (nSPS) is 15.2. The van der Waals surface area contributed by atoms with Crippen molar-refractivity contribution in [2.24, 2.45) is 0 Å². The zero-order valence-corrected chi connectivity index (χ0v) is 15.8. The minimum absolute atomic E-state index is 0.00679. The Bertz CT molecular complexity index is 752. The lowest BCUT2D eigenvalue weighted by Crippen LogP contribution is -2.36. The number of aliphatic hydroxyl groups excluding tert-OH is 1. The number of rotatable bonds is 9. The van der Waals surface area contributed by atoms with Crippen LogP contribution in [0.5, 0.6) is 11.5 Å². The van der Waals surface area contributed by atoms with Crippen LogP contribution in [0.1, 0.15) is 24.5 Å².